The van der Waals surface area contributed by atoms with Crippen LogP contribution in [0.4, 0.5) is 15.8 Å². The fourth-order valence-electron chi connectivity index (χ4n) is 2.88. The van der Waals surface area contributed by atoms with Gasteiger partial charge in [-0.05, 0) is 55.8 Å². The summed E-state index contributed by atoms with van der Waals surface area (Å²) in [5.41, 5.74) is 0.963. The Bertz CT molecular complexity index is 1060. The number of hydrogen-bond acceptors (Lipinski definition) is 5. The SMILES string of the molecule is CC1Oc2ccc(NC(=O)CCCN(C)S(=O)(=O)c3ccc(F)cc3)cc2NC1=O. The number of rotatable bonds is 7. The van der Waals surface area contributed by atoms with E-state index in [1.165, 1.54) is 19.2 Å². The van der Waals surface area contributed by atoms with E-state index in [-0.39, 0.29) is 29.7 Å². The molecule has 10 heteroatoms. The number of sulfonamides is 1. The summed E-state index contributed by atoms with van der Waals surface area (Å²) in [6, 6.07) is 9.49. The molecule has 0 radical (unpaired) electrons. The van der Waals surface area contributed by atoms with Gasteiger partial charge in [-0.15, -0.1) is 0 Å². The highest BCUT2D eigenvalue weighted by Crippen LogP contribution is 2.32. The van der Waals surface area contributed by atoms with Crippen molar-refractivity contribution in [3.63, 3.8) is 0 Å². The molecule has 30 heavy (non-hydrogen) atoms. The Morgan fingerprint density at radius 1 is 1.23 bits per heavy atom. The van der Waals surface area contributed by atoms with Gasteiger partial charge in [-0.2, -0.15) is 0 Å². The van der Waals surface area contributed by atoms with Crippen LogP contribution < -0.4 is 15.4 Å². The summed E-state index contributed by atoms with van der Waals surface area (Å²) >= 11 is 0. The minimum atomic E-state index is -3.75. The van der Waals surface area contributed by atoms with Crippen molar-refractivity contribution < 1.29 is 27.1 Å². The van der Waals surface area contributed by atoms with Crippen LogP contribution in [-0.4, -0.2) is 44.2 Å². The summed E-state index contributed by atoms with van der Waals surface area (Å²) in [5, 5.41) is 5.42. The van der Waals surface area contributed by atoms with Crippen LogP contribution in [0.2, 0.25) is 0 Å². The normalized spacial score (nSPS) is 15.9. The molecule has 2 aromatic rings. The summed E-state index contributed by atoms with van der Waals surface area (Å²) < 4.78 is 44.5. The number of nitrogens with zero attached hydrogens (tertiary/aromatic N) is 1. The van der Waals surface area contributed by atoms with Crippen LogP contribution in [0.15, 0.2) is 47.4 Å². The Balaban J connectivity index is 1.52. The van der Waals surface area contributed by atoms with Gasteiger partial charge in [-0.25, -0.2) is 17.1 Å². The molecular formula is C20H22FN3O5S. The molecule has 0 fully saturated rings. The van der Waals surface area contributed by atoms with Crippen molar-refractivity contribution in [3.05, 3.63) is 48.3 Å². The average Bonchev–Trinajstić information content (AvgIpc) is 2.69. The Labute approximate surface area is 174 Å². The lowest BCUT2D eigenvalue weighted by molar-refractivity contribution is -0.122. The van der Waals surface area contributed by atoms with E-state index in [1.807, 2.05) is 0 Å². The first-order valence-corrected chi connectivity index (χ1v) is 10.7. The molecule has 1 heterocycles. The maximum atomic E-state index is 13.0. The third-order valence-corrected chi connectivity index (χ3v) is 6.46. The number of nitrogens with one attached hydrogen (secondary N) is 2. The molecule has 160 valence electrons. The smallest absolute Gasteiger partial charge is 0.265 e. The van der Waals surface area contributed by atoms with Gasteiger partial charge in [0.2, 0.25) is 15.9 Å². The molecule has 8 nitrogen and oxygen atoms in total. The molecule has 1 aliphatic rings. The zero-order valence-electron chi connectivity index (χ0n) is 16.5. The average molecular weight is 435 g/mol. The lowest BCUT2D eigenvalue weighted by Gasteiger charge is -2.23. The molecule has 2 aromatic carbocycles. The molecule has 0 bridgehead atoms. The van der Waals surface area contributed by atoms with E-state index >= 15 is 0 Å². The van der Waals surface area contributed by atoms with Gasteiger partial charge in [0.25, 0.3) is 5.91 Å². The maximum absolute atomic E-state index is 13.0. The van der Waals surface area contributed by atoms with Gasteiger partial charge >= 0.3 is 0 Å². The summed E-state index contributed by atoms with van der Waals surface area (Å²) in [6.07, 6.45) is -0.188. The number of ether oxygens (including phenoxy) is 1. The first kappa shape index (κ1) is 21.7. The van der Waals surface area contributed by atoms with Crippen molar-refractivity contribution in [1.29, 1.82) is 0 Å². The molecule has 2 N–H and O–H groups in total. The second-order valence-electron chi connectivity index (χ2n) is 6.89. The number of carbonyl (C=O) groups excluding carboxylic acids is 2. The number of hydrogen-bond donors (Lipinski definition) is 2. The van der Waals surface area contributed by atoms with Crippen LogP contribution in [0.1, 0.15) is 19.8 Å². The standard InChI is InChI=1S/C20H22FN3O5S/c1-13-20(26)23-17-12-15(7-10-18(17)29-13)22-19(25)4-3-11-24(2)30(27,28)16-8-5-14(21)6-9-16/h5-10,12-13H,3-4,11H2,1-2H3,(H,22,25)(H,23,26). The monoisotopic (exact) mass is 435 g/mol. The molecule has 0 aromatic heterocycles. The van der Waals surface area contributed by atoms with Crippen molar-refractivity contribution in [2.45, 2.75) is 30.8 Å². The molecule has 1 atom stereocenters. The quantitative estimate of drug-likeness (QED) is 0.696. The first-order valence-electron chi connectivity index (χ1n) is 9.30. The third kappa shape index (κ3) is 4.95. The summed E-state index contributed by atoms with van der Waals surface area (Å²) in [7, 11) is -2.35. The zero-order valence-corrected chi connectivity index (χ0v) is 17.3. The number of amides is 2. The molecule has 1 aliphatic heterocycles. The maximum Gasteiger partial charge on any atom is 0.265 e. The molecule has 2 amide bonds. The van der Waals surface area contributed by atoms with E-state index in [0.29, 0.717) is 23.5 Å². The minimum Gasteiger partial charge on any atom is -0.479 e. The van der Waals surface area contributed by atoms with E-state index in [4.69, 9.17) is 4.74 Å². The van der Waals surface area contributed by atoms with Crippen LogP contribution in [0, 0.1) is 5.82 Å². The molecular weight excluding hydrogens is 413 g/mol. The number of anilines is 2. The van der Waals surface area contributed by atoms with E-state index in [2.05, 4.69) is 10.6 Å². The molecule has 0 saturated carbocycles. The highest BCUT2D eigenvalue weighted by Gasteiger charge is 2.24. The van der Waals surface area contributed by atoms with Gasteiger partial charge in [0, 0.05) is 25.7 Å². The molecule has 0 spiro atoms. The van der Waals surface area contributed by atoms with E-state index in [9.17, 15) is 22.4 Å². The van der Waals surface area contributed by atoms with E-state index in [1.54, 1.807) is 25.1 Å². The predicted molar refractivity (Wildman–Crippen MR) is 109 cm³/mol. The Kier molecular flexibility index (Phi) is 6.37. The lowest BCUT2D eigenvalue weighted by Crippen LogP contribution is -2.34. The van der Waals surface area contributed by atoms with Crippen molar-refractivity contribution in [2.75, 3.05) is 24.2 Å². The van der Waals surface area contributed by atoms with Crippen LogP contribution in [0.5, 0.6) is 5.75 Å². The van der Waals surface area contributed by atoms with Gasteiger partial charge in [0.15, 0.2) is 6.10 Å². The Morgan fingerprint density at radius 3 is 2.63 bits per heavy atom. The van der Waals surface area contributed by atoms with Crippen LogP contribution in [0.3, 0.4) is 0 Å². The topological polar surface area (TPSA) is 105 Å². The minimum absolute atomic E-state index is 0.0107. The number of halogens is 1. The number of benzene rings is 2. The third-order valence-electron chi connectivity index (χ3n) is 4.59. The van der Waals surface area contributed by atoms with Gasteiger partial charge in [-0.3, -0.25) is 9.59 Å². The fourth-order valence-corrected chi connectivity index (χ4v) is 4.09. The Morgan fingerprint density at radius 2 is 1.93 bits per heavy atom. The summed E-state index contributed by atoms with van der Waals surface area (Å²) in [6.45, 7) is 1.76. The fraction of sp³-hybridized carbons (Fsp3) is 0.300. The van der Waals surface area contributed by atoms with E-state index in [0.717, 1.165) is 16.4 Å². The second-order valence-corrected chi connectivity index (χ2v) is 8.94. The van der Waals surface area contributed by atoms with Crippen molar-refractivity contribution in [1.82, 2.24) is 4.31 Å². The first-order chi connectivity index (χ1) is 14.2. The van der Waals surface area contributed by atoms with Gasteiger partial charge < -0.3 is 15.4 Å². The second kappa shape index (κ2) is 8.80. The van der Waals surface area contributed by atoms with Crippen LogP contribution >= 0.6 is 0 Å². The highest BCUT2D eigenvalue weighted by molar-refractivity contribution is 7.89. The zero-order chi connectivity index (χ0) is 21.9. The van der Waals surface area contributed by atoms with Crippen molar-refractivity contribution in [2.24, 2.45) is 0 Å². The van der Waals surface area contributed by atoms with Crippen molar-refractivity contribution >= 4 is 33.2 Å². The van der Waals surface area contributed by atoms with Gasteiger partial charge in [0.05, 0.1) is 10.6 Å². The Hall–Kier alpha value is -2.98. The summed E-state index contributed by atoms with van der Waals surface area (Å²) in [4.78, 5) is 23.9. The van der Waals surface area contributed by atoms with Gasteiger partial charge in [-0.1, -0.05) is 0 Å². The number of fused-ring (bicyclic) bond motifs is 1. The molecule has 3 rings (SSSR count). The molecule has 1 unspecified atom stereocenters. The highest BCUT2D eigenvalue weighted by atomic mass is 32.2. The lowest BCUT2D eigenvalue weighted by atomic mass is 10.2. The van der Waals surface area contributed by atoms with Gasteiger partial charge in [0.1, 0.15) is 11.6 Å². The van der Waals surface area contributed by atoms with Crippen LogP contribution in [0.25, 0.3) is 0 Å². The van der Waals surface area contributed by atoms with Crippen LogP contribution in [-0.2, 0) is 19.6 Å². The number of carbonyl (C=O) groups is 2. The predicted octanol–water partition coefficient (Wildman–Crippen LogP) is 2.58. The molecule has 0 aliphatic carbocycles. The van der Waals surface area contributed by atoms with E-state index < -0.39 is 21.9 Å². The summed E-state index contributed by atoms with van der Waals surface area (Å²) in [5.74, 6) is -0.556. The molecule has 0 saturated heterocycles. The van der Waals surface area contributed by atoms with Crippen molar-refractivity contribution in [3.8, 4) is 5.75 Å². The largest absolute Gasteiger partial charge is 0.479 e.